The standard InChI is InChI=1S/C7H16O3S/c1-7(2)6-11(9,10)5-3-4-8/h7-8H,3-6H2,1-2H3. The SMILES string of the molecule is CC(C)CS(=O)(=O)CCCO. The zero-order chi connectivity index (χ0) is 8.91. The Morgan fingerprint density at radius 3 is 2.27 bits per heavy atom. The van der Waals surface area contributed by atoms with Gasteiger partial charge in [-0.2, -0.15) is 0 Å². The van der Waals surface area contributed by atoms with Gasteiger partial charge in [-0.3, -0.25) is 0 Å². The van der Waals surface area contributed by atoms with Gasteiger partial charge < -0.3 is 5.11 Å². The van der Waals surface area contributed by atoms with E-state index in [-0.39, 0.29) is 24.0 Å². The van der Waals surface area contributed by atoms with Crippen molar-refractivity contribution in [3.05, 3.63) is 0 Å². The summed E-state index contributed by atoms with van der Waals surface area (Å²) in [6, 6.07) is 0. The van der Waals surface area contributed by atoms with Crippen LogP contribution >= 0.6 is 0 Å². The van der Waals surface area contributed by atoms with Crippen molar-refractivity contribution in [2.75, 3.05) is 18.1 Å². The molecule has 68 valence electrons. The van der Waals surface area contributed by atoms with Crippen LogP contribution in [0, 0.1) is 5.92 Å². The lowest BCUT2D eigenvalue weighted by Crippen LogP contribution is -2.15. The number of hydrogen-bond donors (Lipinski definition) is 1. The first-order chi connectivity index (χ1) is 4.98. The Hall–Kier alpha value is -0.0900. The Kier molecular flexibility index (Phi) is 4.68. The maximum absolute atomic E-state index is 11.1. The van der Waals surface area contributed by atoms with Gasteiger partial charge in [-0.05, 0) is 12.3 Å². The highest BCUT2D eigenvalue weighted by molar-refractivity contribution is 7.91. The molecule has 0 saturated carbocycles. The fraction of sp³-hybridized carbons (Fsp3) is 1.00. The summed E-state index contributed by atoms with van der Waals surface area (Å²) in [5.74, 6) is 0.521. The normalized spacial score (nSPS) is 12.4. The second kappa shape index (κ2) is 4.72. The van der Waals surface area contributed by atoms with Crippen molar-refractivity contribution in [2.24, 2.45) is 5.92 Å². The molecule has 0 aromatic heterocycles. The molecule has 0 heterocycles. The van der Waals surface area contributed by atoms with Crippen LogP contribution in [-0.2, 0) is 9.84 Å². The molecule has 0 amide bonds. The van der Waals surface area contributed by atoms with Crippen molar-refractivity contribution >= 4 is 9.84 Å². The molecular formula is C7H16O3S. The topological polar surface area (TPSA) is 54.4 Å². The molecule has 0 saturated heterocycles. The molecule has 11 heavy (non-hydrogen) atoms. The highest BCUT2D eigenvalue weighted by Gasteiger charge is 2.11. The van der Waals surface area contributed by atoms with E-state index in [4.69, 9.17) is 5.11 Å². The summed E-state index contributed by atoms with van der Waals surface area (Å²) in [5, 5.41) is 8.40. The van der Waals surface area contributed by atoms with Gasteiger partial charge in [0.1, 0.15) is 0 Å². The third-order valence-corrected chi connectivity index (χ3v) is 3.29. The summed E-state index contributed by atoms with van der Waals surface area (Å²) in [4.78, 5) is 0. The molecule has 3 nitrogen and oxygen atoms in total. The maximum Gasteiger partial charge on any atom is 0.150 e. The number of aliphatic hydroxyl groups is 1. The first-order valence-electron chi connectivity index (χ1n) is 3.79. The zero-order valence-electron chi connectivity index (χ0n) is 7.08. The van der Waals surface area contributed by atoms with Crippen molar-refractivity contribution in [1.82, 2.24) is 0 Å². The van der Waals surface area contributed by atoms with Crippen molar-refractivity contribution in [1.29, 1.82) is 0 Å². The Bertz CT molecular complexity index is 182. The number of aliphatic hydroxyl groups excluding tert-OH is 1. The summed E-state index contributed by atoms with van der Waals surface area (Å²) in [7, 11) is -2.90. The smallest absolute Gasteiger partial charge is 0.150 e. The van der Waals surface area contributed by atoms with E-state index >= 15 is 0 Å². The molecule has 0 aliphatic carbocycles. The van der Waals surface area contributed by atoms with Crippen LogP contribution < -0.4 is 0 Å². The molecule has 1 N–H and O–H groups in total. The van der Waals surface area contributed by atoms with Gasteiger partial charge in [-0.1, -0.05) is 13.8 Å². The van der Waals surface area contributed by atoms with Crippen molar-refractivity contribution in [2.45, 2.75) is 20.3 Å². The number of hydrogen-bond acceptors (Lipinski definition) is 3. The fourth-order valence-corrected chi connectivity index (χ4v) is 2.63. The first-order valence-corrected chi connectivity index (χ1v) is 5.61. The molecule has 0 bridgehead atoms. The Morgan fingerprint density at radius 2 is 1.91 bits per heavy atom. The average molecular weight is 180 g/mol. The molecule has 0 atom stereocenters. The summed E-state index contributed by atoms with van der Waals surface area (Å²) < 4.78 is 22.2. The van der Waals surface area contributed by atoms with Crippen LogP contribution in [0.25, 0.3) is 0 Å². The van der Waals surface area contributed by atoms with Crippen LogP contribution in [0.4, 0.5) is 0 Å². The Balaban J connectivity index is 3.82. The van der Waals surface area contributed by atoms with Crippen LogP contribution in [-0.4, -0.2) is 31.6 Å². The second-order valence-corrected chi connectivity index (χ2v) is 5.31. The fourth-order valence-electron chi connectivity index (χ4n) is 0.876. The third kappa shape index (κ3) is 6.31. The summed E-state index contributed by atoms with van der Waals surface area (Å²) in [6.45, 7) is 3.70. The Labute approximate surface area is 68.3 Å². The van der Waals surface area contributed by atoms with Gasteiger partial charge >= 0.3 is 0 Å². The lowest BCUT2D eigenvalue weighted by atomic mass is 10.3. The van der Waals surface area contributed by atoms with Gasteiger partial charge in [0.2, 0.25) is 0 Å². The molecule has 0 aromatic rings. The minimum atomic E-state index is -2.90. The molecule has 0 unspecified atom stereocenters. The molecular weight excluding hydrogens is 164 g/mol. The van der Waals surface area contributed by atoms with E-state index in [1.54, 1.807) is 0 Å². The minimum absolute atomic E-state index is 0.0443. The summed E-state index contributed by atoms with van der Waals surface area (Å²) in [5.41, 5.74) is 0. The largest absolute Gasteiger partial charge is 0.396 e. The summed E-state index contributed by atoms with van der Waals surface area (Å²) >= 11 is 0. The molecule has 4 heteroatoms. The van der Waals surface area contributed by atoms with Crippen LogP contribution in [0.5, 0.6) is 0 Å². The predicted octanol–water partition coefficient (Wildman–Crippen LogP) is 0.440. The van der Waals surface area contributed by atoms with Gasteiger partial charge in [0, 0.05) is 6.61 Å². The lowest BCUT2D eigenvalue weighted by Gasteiger charge is -2.04. The summed E-state index contributed by atoms with van der Waals surface area (Å²) in [6.07, 6.45) is 0.356. The molecule has 0 aromatic carbocycles. The average Bonchev–Trinajstić information content (AvgIpc) is 1.81. The van der Waals surface area contributed by atoms with Gasteiger partial charge in [0.15, 0.2) is 9.84 Å². The number of sulfone groups is 1. The van der Waals surface area contributed by atoms with E-state index in [1.807, 2.05) is 13.8 Å². The minimum Gasteiger partial charge on any atom is -0.396 e. The van der Waals surface area contributed by atoms with Crippen molar-refractivity contribution < 1.29 is 13.5 Å². The van der Waals surface area contributed by atoms with E-state index in [0.717, 1.165) is 0 Å². The van der Waals surface area contributed by atoms with E-state index in [1.165, 1.54) is 0 Å². The van der Waals surface area contributed by atoms with Crippen LogP contribution in [0.2, 0.25) is 0 Å². The molecule has 0 radical (unpaired) electrons. The predicted molar refractivity (Wildman–Crippen MR) is 45.2 cm³/mol. The van der Waals surface area contributed by atoms with E-state index in [0.29, 0.717) is 6.42 Å². The quantitative estimate of drug-likeness (QED) is 0.668. The first kappa shape index (κ1) is 10.9. The molecule has 0 rings (SSSR count). The second-order valence-electron chi connectivity index (χ2n) is 3.09. The molecule has 0 aliphatic rings. The van der Waals surface area contributed by atoms with E-state index in [2.05, 4.69) is 0 Å². The van der Waals surface area contributed by atoms with Crippen LogP contribution in [0.3, 0.4) is 0 Å². The van der Waals surface area contributed by atoms with Crippen LogP contribution in [0.15, 0.2) is 0 Å². The Morgan fingerprint density at radius 1 is 1.36 bits per heavy atom. The van der Waals surface area contributed by atoms with Gasteiger partial charge in [-0.15, -0.1) is 0 Å². The lowest BCUT2D eigenvalue weighted by molar-refractivity contribution is 0.295. The molecule has 0 aliphatic heterocycles. The third-order valence-electron chi connectivity index (χ3n) is 1.20. The van der Waals surface area contributed by atoms with Crippen molar-refractivity contribution in [3.63, 3.8) is 0 Å². The number of rotatable bonds is 5. The van der Waals surface area contributed by atoms with Crippen molar-refractivity contribution in [3.8, 4) is 0 Å². The monoisotopic (exact) mass is 180 g/mol. The molecule has 0 fully saturated rings. The van der Waals surface area contributed by atoms with Gasteiger partial charge in [0.25, 0.3) is 0 Å². The van der Waals surface area contributed by atoms with Gasteiger partial charge in [-0.25, -0.2) is 8.42 Å². The maximum atomic E-state index is 11.1. The van der Waals surface area contributed by atoms with Gasteiger partial charge in [0.05, 0.1) is 11.5 Å². The highest BCUT2D eigenvalue weighted by Crippen LogP contribution is 2.01. The highest BCUT2D eigenvalue weighted by atomic mass is 32.2. The van der Waals surface area contributed by atoms with Crippen LogP contribution in [0.1, 0.15) is 20.3 Å². The van der Waals surface area contributed by atoms with E-state index < -0.39 is 9.84 Å². The molecule has 0 spiro atoms. The zero-order valence-corrected chi connectivity index (χ0v) is 7.89. The van der Waals surface area contributed by atoms with E-state index in [9.17, 15) is 8.42 Å².